The zero-order valence-electron chi connectivity index (χ0n) is 7.68. The summed E-state index contributed by atoms with van der Waals surface area (Å²) in [5.41, 5.74) is 5.14. The normalized spacial score (nSPS) is 11.5. The van der Waals surface area contributed by atoms with E-state index in [-0.39, 0.29) is 16.4 Å². The highest BCUT2D eigenvalue weighted by Gasteiger charge is 2.40. The molecule has 3 N–H and O–H groups in total. The summed E-state index contributed by atoms with van der Waals surface area (Å²) in [4.78, 5) is 0. The highest BCUT2D eigenvalue weighted by molar-refractivity contribution is 7.10. The van der Waals surface area contributed by atoms with Gasteiger partial charge in [-0.05, 0) is 11.5 Å². The SMILES string of the molecule is N#Cc1c(N)nsc1NCC(F)(F)C(F)F. The van der Waals surface area contributed by atoms with E-state index in [1.54, 1.807) is 6.07 Å². The number of aromatic nitrogens is 1. The number of nitrogens with two attached hydrogens (primary N) is 1. The summed E-state index contributed by atoms with van der Waals surface area (Å²) < 4.78 is 52.2. The first kappa shape index (κ1) is 12.5. The molecule has 0 saturated heterocycles. The summed E-state index contributed by atoms with van der Waals surface area (Å²) in [5.74, 6) is -4.28. The lowest BCUT2D eigenvalue weighted by atomic mass is 10.3. The Hall–Kier alpha value is -1.56. The third-order valence-electron chi connectivity index (χ3n) is 1.63. The second-order valence-corrected chi connectivity index (χ2v) is 3.57. The smallest absolute Gasteiger partial charge is 0.324 e. The Bertz CT molecular complexity index is 411. The Morgan fingerprint density at radius 1 is 1.56 bits per heavy atom. The first-order chi connectivity index (χ1) is 7.38. The van der Waals surface area contributed by atoms with E-state index in [1.165, 1.54) is 0 Å². The number of alkyl halides is 4. The van der Waals surface area contributed by atoms with Gasteiger partial charge in [-0.2, -0.15) is 18.4 Å². The van der Waals surface area contributed by atoms with E-state index in [0.29, 0.717) is 11.5 Å². The average molecular weight is 254 g/mol. The predicted molar refractivity (Wildman–Crippen MR) is 50.7 cm³/mol. The molecule has 88 valence electrons. The highest BCUT2D eigenvalue weighted by Crippen LogP contribution is 2.28. The van der Waals surface area contributed by atoms with Gasteiger partial charge in [0.15, 0.2) is 5.82 Å². The van der Waals surface area contributed by atoms with Crippen molar-refractivity contribution < 1.29 is 17.6 Å². The molecule has 4 nitrogen and oxygen atoms in total. The van der Waals surface area contributed by atoms with Gasteiger partial charge < -0.3 is 11.1 Å². The minimum absolute atomic E-state index is 0.0414. The van der Waals surface area contributed by atoms with Crippen LogP contribution >= 0.6 is 11.5 Å². The van der Waals surface area contributed by atoms with Crippen molar-refractivity contribution >= 4 is 22.4 Å². The Morgan fingerprint density at radius 2 is 2.19 bits per heavy atom. The molecule has 0 spiro atoms. The largest absolute Gasteiger partial charge is 0.382 e. The zero-order valence-corrected chi connectivity index (χ0v) is 8.49. The van der Waals surface area contributed by atoms with Crippen molar-refractivity contribution in [3.63, 3.8) is 0 Å². The molecule has 0 bridgehead atoms. The quantitative estimate of drug-likeness (QED) is 0.805. The first-order valence-electron chi connectivity index (χ1n) is 3.93. The molecule has 0 aliphatic carbocycles. The number of nitrogen functional groups attached to an aromatic ring is 1. The molecular weight excluding hydrogens is 248 g/mol. The molecule has 0 aliphatic heterocycles. The number of hydrogen-bond donors (Lipinski definition) is 2. The van der Waals surface area contributed by atoms with E-state index in [4.69, 9.17) is 11.0 Å². The lowest BCUT2D eigenvalue weighted by Crippen LogP contribution is -2.34. The molecule has 0 fully saturated rings. The second kappa shape index (κ2) is 4.52. The van der Waals surface area contributed by atoms with Gasteiger partial charge in [0.1, 0.15) is 16.6 Å². The molecule has 0 aliphatic rings. The molecule has 1 rings (SSSR count). The van der Waals surface area contributed by atoms with E-state index in [9.17, 15) is 17.6 Å². The summed E-state index contributed by atoms with van der Waals surface area (Å²) in [6.45, 7) is -1.28. The standard InChI is InChI=1S/C7H6F4N4S/c8-6(9)7(10,11)2-14-5-3(1-12)4(13)15-16-5/h6,14H,2H2,(H2,13,15). The van der Waals surface area contributed by atoms with Gasteiger partial charge in [-0.1, -0.05) is 0 Å². The minimum atomic E-state index is -4.16. The molecule has 0 unspecified atom stereocenters. The Kier molecular flexibility index (Phi) is 3.54. The van der Waals surface area contributed by atoms with Crippen LogP contribution in [-0.2, 0) is 0 Å². The highest BCUT2D eigenvalue weighted by atomic mass is 32.1. The molecule has 0 atom stereocenters. The fourth-order valence-electron chi connectivity index (χ4n) is 0.806. The molecular formula is C7H6F4N4S. The summed E-state index contributed by atoms with van der Waals surface area (Å²) in [7, 11) is 0. The van der Waals surface area contributed by atoms with Gasteiger partial charge in [-0.15, -0.1) is 0 Å². The van der Waals surface area contributed by atoms with Crippen LogP contribution in [0.2, 0.25) is 0 Å². The van der Waals surface area contributed by atoms with Crippen LogP contribution in [0.4, 0.5) is 28.4 Å². The van der Waals surface area contributed by atoms with Crippen molar-refractivity contribution in [3.8, 4) is 6.07 Å². The van der Waals surface area contributed by atoms with Crippen LogP contribution in [0, 0.1) is 11.3 Å². The van der Waals surface area contributed by atoms with Crippen molar-refractivity contribution in [2.24, 2.45) is 0 Å². The van der Waals surface area contributed by atoms with Crippen molar-refractivity contribution in [1.82, 2.24) is 4.37 Å². The van der Waals surface area contributed by atoms with E-state index in [2.05, 4.69) is 4.37 Å². The molecule has 1 aromatic rings. The van der Waals surface area contributed by atoms with Crippen LogP contribution in [0.5, 0.6) is 0 Å². The molecule has 1 aromatic heterocycles. The summed E-state index contributed by atoms with van der Waals surface area (Å²) in [6.07, 6.45) is -3.77. The Balaban J connectivity index is 2.73. The fraction of sp³-hybridized carbons (Fsp3) is 0.429. The summed E-state index contributed by atoms with van der Waals surface area (Å²) >= 11 is 0.666. The number of nitrogens with one attached hydrogen (secondary N) is 1. The van der Waals surface area contributed by atoms with Crippen molar-refractivity contribution in [1.29, 1.82) is 5.26 Å². The molecule has 0 radical (unpaired) electrons. The summed E-state index contributed by atoms with van der Waals surface area (Å²) in [5, 5.41) is 10.6. The van der Waals surface area contributed by atoms with Crippen LogP contribution in [0.25, 0.3) is 0 Å². The maximum atomic E-state index is 12.5. The number of nitriles is 1. The monoisotopic (exact) mass is 254 g/mol. The van der Waals surface area contributed by atoms with Gasteiger partial charge in [0.2, 0.25) is 0 Å². The maximum absolute atomic E-state index is 12.5. The number of nitrogens with zero attached hydrogens (tertiary/aromatic N) is 2. The Morgan fingerprint density at radius 3 is 2.69 bits per heavy atom. The lowest BCUT2D eigenvalue weighted by molar-refractivity contribution is -0.117. The van der Waals surface area contributed by atoms with Crippen molar-refractivity contribution in [2.45, 2.75) is 12.3 Å². The van der Waals surface area contributed by atoms with Gasteiger partial charge >= 0.3 is 12.3 Å². The van der Waals surface area contributed by atoms with E-state index >= 15 is 0 Å². The van der Waals surface area contributed by atoms with E-state index < -0.39 is 18.9 Å². The summed E-state index contributed by atoms with van der Waals surface area (Å²) in [6, 6.07) is 1.64. The molecule has 16 heavy (non-hydrogen) atoms. The minimum Gasteiger partial charge on any atom is -0.382 e. The van der Waals surface area contributed by atoms with Gasteiger partial charge in [0.25, 0.3) is 0 Å². The third-order valence-corrected chi connectivity index (χ3v) is 2.45. The average Bonchev–Trinajstić information content (AvgIpc) is 2.56. The maximum Gasteiger partial charge on any atom is 0.324 e. The molecule has 9 heteroatoms. The van der Waals surface area contributed by atoms with Crippen LogP contribution in [0.15, 0.2) is 0 Å². The van der Waals surface area contributed by atoms with E-state index in [0.717, 1.165) is 0 Å². The van der Waals surface area contributed by atoms with Gasteiger partial charge in [0.05, 0.1) is 6.54 Å². The van der Waals surface area contributed by atoms with Crippen LogP contribution in [0.1, 0.15) is 5.56 Å². The first-order valence-corrected chi connectivity index (χ1v) is 4.71. The number of rotatable bonds is 4. The number of anilines is 2. The Labute approximate surface area is 91.8 Å². The zero-order chi connectivity index (χ0) is 12.3. The van der Waals surface area contributed by atoms with Crippen LogP contribution in [-0.4, -0.2) is 23.3 Å². The van der Waals surface area contributed by atoms with Gasteiger partial charge in [-0.3, -0.25) is 0 Å². The van der Waals surface area contributed by atoms with Crippen LogP contribution in [0.3, 0.4) is 0 Å². The predicted octanol–water partition coefficient (Wildman–Crippen LogP) is 1.91. The second-order valence-electron chi connectivity index (χ2n) is 2.80. The molecule has 0 saturated carbocycles. The van der Waals surface area contributed by atoms with Crippen molar-refractivity contribution in [2.75, 3.05) is 17.6 Å². The van der Waals surface area contributed by atoms with E-state index in [1.807, 2.05) is 5.32 Å². The number of hydrogen-bond acceptors (Lipinski definition) is 5. The van der Waals surface area contributed by atoms with Gasteiger partial charge in [0, 0.05) is 0 Å². The lowest BCUT2D eigenvalue weighted by Gasteiger charge is -2.15. The molecule has 1 heterocycles. The third kappa shape index (κ3) is 2.52. The molecule has 0 amide bonds. The fourth-order valence-corrected chi connectivity index (χ4v) is 1.47. The van der Waals surface area contributed by atoms with Crippen LogP contribution < -0.4 is 11.1 Å². The van der Waals surface area contributed by atoms with Crippen molar-refractivity contribution in [3.05, 3.63) is 5.56 Å². The topological polar surface area (TPSA) is 74.7 Å². The number of halogens is 4. The molecule has 0 aromatic carbocycles. The van der Waals surface area contributed by atoms with Gasteiger partial charge in [-0.25, -0.2) is 8.78 Å².